The minimum absolute atomic E-state index is 0.257. The number of aryl methyl sites for hydroxylation is 1. The number of nitrogens with one attached hydrogen (secondary N) is 3. The van der Waals surface area contributed by atoms with Crippen LogP contribution in [-0.4, -0.2) is 21.8 Å². The SMILES string of the molecule is C=CC(=O)Nc1cc(C)ccc1Nc1nc(Nc2cccc(C(N)=O)c2)ncc1Cl. The lowest BCUT2D eigenvalue weighted by Crippen LogP contribution is -2.11. The fourth-order valence-electron chi connectivity index (χ4n) is 2.58. The number of primary amides is 1. The van der Waals surface area contributed by atoms with Gasteiger partial charge in [-0.15, -0.1) is 0 Å². The van der Waals surface area contributed by atoms with Crippen LogP contribution in [0.1, 0.15) is 15.9 Å². The zero-order chi connectivity index (χ0) is 21.7. The number of anilines is 5. The van der Waals surface area contributed by atoms with Crippen molar-refractivity contribution < 1.29 is 9.59 Å². The van der Waals surface area contributed by atoms with Crippen molar-refractivity contribution in [3.05, 3.63) is 77.5 Å². The molecule has 0 radical (unpaired) electrons. The first-order valence-electron chi connectivity index (χ1n) is 8.86. The summed E-state index contributed by atoms with van der Waals surface area (Å²) in [5.41, 5.74) is 8.37. The number of hydrogen-bond acceptors (Lipinski definition) is 6. The summed E-state index contributed by atoms with van der Waals surface area (Å²) in [6.07, 6.45) is 2.62. The fourth-order valence-corrected chi connectivity index (χ4v) is 2.71. The van der Waals surface area contributed by atoms with Gasteiger partial charge in [-0.1, -0.05) is 30.3 Å². The number of rotatable bonds is 7. The molecule has 0 fully saturated rings. The third kappa shape index (κ3) is 5.12. The van der Waals surface area contributed by atoms with Crippen molar-refractivity contribution in [2.45, 2.75) is 6.92 Å². The molecule has 0 unspecified atom stereocenters. The van der Waals surface area contributed by atoms with Crippen LogP contribution < -0.4 is 21.7 Å². The molecule has 1 heterocycles. The molecule has 0 spiro atoms. The van der Waals surface area contributed by atoms with Gasteiger partial charge in [-0.25, -0.2) is 4.98 Å². The predicted molar refractivity (Wildman–Crippen MR) is 119 cm³/mol. The second-order valence-corrected chi connectivity index (χ2v) is 6.73. The molecule has 2 amide bonds. The van der Waals surface area contributed by atoms with E-state index >= 15 is 0 Å². The van der Waals surface area contributed by atoms with Gasteiger partial charge in [0.1, 0.15) is 5.02 Å². The number of amides is 2. The predicted octanol–water partition coefficient (Wildman–Crippen LogP) is 4.15. The number of nitrogens with two attached hydrogens (primary N) is 1. The average molecular weight is 423 g/mol. The first-order chi connectivity index (χ1) is 14.4. The minimum atomic E-state index is -0.536. The van der Waals surface area contributed by atoms with Crippen LogP contribution in [0.2, 0.25) is 5.02 Å². The van der Waals surface area contributed by atoms with E-state index in [0.717, 1.165) is 5.56 Å². The van der Waals surface area contributed by atoms with E-state index in [2.05, 4.69) is 32.5 Å². The fraction of sp³-hybridized carbons (Fsp3) is 0.0476. The molecule has 0 aliphatic heterocycles. The number of hydrogen-bond donors (Lipinski definition) is 4. The van der Waals surface area contributed by atoms with Crippen LogP contribution >= 0.6 is 11.6 Å². The Labute approximate surface area is 178 Å². The molecule has 152 valence electrons. The second-order valence-electron chi connectivity index (χ2n) is 6.33. The number of carbonyl (C=O) groups excluding carboxylic acids is 2. The van der Waals surface area contributed by atoms with Gasteiger partial charge >= 0.3 is 0 Å². The third-order valence-corrected chi connectivity index (χ3v) is 4.30. The maximum atomic E-state index is 11.7. The summed E-state index contributed by atoms with van der Waals surface area (Å²) in [5.74, 6) is -0.286. The maximum Gasteiger partial charge on any atom is 0.248 e. The van der Waals surface area contributed by atoms with Gasteiger partial charge in [0.25, 0.3) is 0 Å². The summed E-state index contributed by atoms with van der Waals surface area (Å²) in [4.78, 5) is 31.6. The largest absolute Gasteiger partial charge is 0.366 e. The molecule has 0 aliphatic rings. The number of halogens is 1. The molecule has 9 heteroatoms. The Morgan fingerprint density at radius 2 is 1.93 bits per heavy atom. The zero-order valence-electron chi connectivity index (χ0n) is 16.1. The van der Waals surface area contributed by atoms with Crippen molar-refractivity contribution in [1.82, 2.24) is 9.97 Å². The molecule has 0 bridgehead atoms. The van der Waals surface area contributed by atoms with Crippen molar-refractivity contribution >= 4 is 52.2 Å². The van der Waals surface area contributed by atoms with Gasteiger partial charge in [0.15, 0.2) is 5.82 Å². The number of aromatic nitrogens is 2. The highest BCUT2D eigenvalue weighted by Gasteiger charge is 2.11. The first-order valence-corrected chi connectivity index (χ1v) is 9.24. The molecular formula is C21H19ClN6O2. The molecule has 2 aromatic carbocycles. The monoisotopic (exact) mass is 422 g/mol. The quantitative estimate of drug-likeness (QED) is 0.424. The molecule has 0 aliphatic carbocycles. The lowest BCUT2D eigenvalue weighted by Gasteiger charge is -2.14. The van der Waals surface area contributed by atoms with Crippen molar-refractivity contribution in [2.24, 2.45) is 5.73 Å². The van der Waals surface area contributed by atoms with Gasteiger partial charge in [-0.2, -0.15) is 4.98 Å². The van der Waals surface area contributed by atoms with E-state index in [0.29, 0.717) is 28.4 Å². The molecule has 0 atom stereocenters. The Balaban J connectivity index is 1.88. The van der Waals surface area contributed by atoms with Gasteiger partial charge in [0, 0.05) is 11.3 Å². The molecule has 30 heavy (non-hydrogen) atoms. The zero-order valence-corrected chi connectivity index (χ0v) is 16.8. The van der Waals surface area contributed by atoms with Crippen molar-refractivity contribution in [1.29, 1.82) is 0 Å². The van der Waals surface area contributed by atoms with Crippen LogP contribution in [-0.2, 0) is 4.79 Å². The molecule has 3 rings (SSSR count). The average Bonchev–Trinajstić information content (AvgIpc) is 2.72. The molecule has 1 aromatic heterocycles. The number of carbonyl (C=O) groups is 2. The van der Waals surface area contributed by atoms with Crippen molar-refractivity contribution in [3.63, 3.8) is 0 Å². The Morgan fingerprint density at radius 1 is 1.13 bits per heavy atom. The van der Waals surface area contributed by atoms with Crippen LogP contribution in [0.25, 0.3) is 0 Å². The Bertz CT molecular complexity index is 1130. The molecule has 0 saturated carbocycles. The normalized spacial score (nSPS) is 10.2. The summed E-state index contributed by atoms with van der Waals surface area (Å²) in [6, 6.07) is 12.1. The Kier molecular flexibility index (Phi) is 6.29. The summed E-state index contributed by atoms with van der Waals surface area (Å²) < 4.78 is 0. The van der Waals surface area contributed by atoms with E-state index in [1.165, 1.54) is 12.3 Å². The minimum Gasteiger partial charge on any atom is -0.366 e. The smallest absolute Gasteiger partial charge is 0.248 e. The van der Waals surface area contributed by atoms with Crippen LogP contribution in [0.4, 0.5) is 28.8 Å². The molecule has 3 aromatic rings. The summed E-state index contributed by atoms with van der Waals surface area (Å²) in [6.45, 7) is 5.37. The summed E-state index contributed by atoms with van der Waals surface area (Å²) >= 11 is 6.25. The third-order valence-electron chi connectivity index (χ3n) is 4.02. The van der Waals surface area contributed by atoms with Gasteiger partial charge < -0.3 is 21.7 Å². The van der Waals surface area contributed by atoms with Crippen LogP contribution in [0.15, 0.2) is 61.3 Å². The van der Waals surface area contributed by atoms with Crippen molar-refractivity contribution in [3.8, 4) is 0 Å². The molecule has 0 saturated heterocycles. The lowest BCUT2D eigenvalue weighted by molar-refractivity contribution is -0.111. The maximum absolute atomic E-state index is 11.7. The van der Waals surface area contributed by atoms with Gasteiger partial charge in [0.2, 0.25) is 17.8 Å². The standard InChI is InChI=1S/C21H19ClN6O2/c1-3-18(29)26-17-9-12(2)7-8-16(17)27-20-15(22)11-24-21(28-20)25-14-6-4-5-13(10-14)19(23)30/h3-11H,1H2,2H3,(H2,23,30)(H,26,29)(H2,24,25,27,28). The van der Waals surface area contributed by atoms with E-state index in [4.69, 9.17) is 17.3 Å². The van der Waals surface area contributed by atoms with Gasteiger partial charge in [-0.05, 0) is 48.9 Å². The van der Waals surface area contributed by atoms with Crippen molar-refractivity contribution in [2.75, 3.05) is 16.0 Å². The molecule has 8 nitrogen and oxygen atoms in total. The lowest BCUT2D eigenvalue weighted by atomic mass is 10.2. The Morgan fingerprint density at radius 3 is 2.67 bits per heavy atom. The van der Waals surface area contributed by atoms with E-state index < -0.39 is 5.91 Å². The van der Waals surface area contributed by atoms with E-state index in [-0.39, 0.29) is 16.9 Å². The van der Waals surface area contributed by atoms with Gasteiger partial charge in [0.05, 0.1) is 17.6 Å². The molecular weight excluding hydrogens is 404 g/mol. The summed E-state index contributed by atoms with van der Waals surface area (Å²) in [5, 5.41) is 9.14. The van der Waals surface area contributed by atoms with Crippen LogP contribution in [0.3, 0.4) is 0 Å². The van der Waals surface area contributed by atoms with E-state index in [9.17, 15) is 9.59 Å². The highest BCUT2D eigenvalue weighted by atomic mass is 35.5. The second kappa shape index (κ2) is 9.06. The highest BCUT2D eigenvalue weighted by molar-refractivity contribution is 6.33. The summed E-state index contributed by atoms with van der Waals surface area (Å²) in [7, 11) is 0. The van der Waals surface area contributed by atoms with Crippen LogP contribution in [0, 0.1) is 6.92 Å². The van der Waals surface area contributed by atoms with Gasteiger partial charge in [-0.3, -0.25) is 9.59 Å². The Hall–Kier alpha value is -3.91. The number of nitrogens with zero attached hydrogens (tertiary/aromatic N) is 2. The number of benzene rings is 2. The highest BCUT2D eigenvalue weighted by Crippen LogP contribution is 2.30. The topological polar surface area (TPSA) is 122 Å². The van der Waals surface area contributed by atoms with E-state index in [1.54, 1.807) is 30.3 Å². The van der Waals surface area contributed by atoms with Crippen LogP contribution in [0.5, 0.6) is 0 Å². The van der Waals surface area contributed by atoms with E-state index in [1.807, 2.05) is 19.1 Å². The first kappa shape index (κ1) is 20.8. The molecule has 5 N–H and O–H groups in total.